The number of nitrogens with two attached hydrogens (primary N) is 2. The van der Waals surface area contributed by atoms with Gasteiger partial charge in [0.1, 0.15) is 0 Å². The van der Waals surface area contributed by atoms with Gasteiger partial charge in [0.05, 0.1) is 0 Å². The van der Waals surface area contributed by atoms with E-state index in [1.807, 2.05) is 6.08 Å². The number of rotatable bonds is 4. The Kier molecular flexibility index (Phi) is 10.3. The van der Waals surface area contributed by atoms with E-state index in [2.05, 4.69) is 6.58 Å². The van der Waals surface area contributed by atoms with E-state index in [9.17, 15) is 0 Å². The van der Waals surface area contributed by atoms with E-state index in [-0.39, 0.29) is 18.4 Å². The average Bonchev–Trinajstić information content (AvgIpc) is 1.68. The summed E-state index contributed by atoms with van der Waals surface area (Å²) in [7, 11) is 0. The van der Waals surface area contributed by atoms with Gasteiger partial charge in [0.15, 0.2) is 0 Å². The van der Waals surface area contributed by atoms with Crippen LogP contribution in [0.25, 0.3) is 0 Å². The maximum atomic E-state index is 5.54. The number of hydrogen-bond acceptors (Lipinski definition) is 2. The SMILES string of the molecule is C=CCC(N)CCN.Cl. The topological polar surface area (TPSA) is 52.0 Å². The lowest BCUT2D eigenvalue weighted by Crippen LogP contribution is -2.22. The Hall–Kier alpha value is -0.0500. The Morgan fingerprint density at radius 3 is 2.44 bits per heavy atom. The lowest BCUT2D eigenvalue weighted by molar-refractivity contribution is 0.630. The van der Waals surface area contributed by atoms with Crippen LogP contribution in [0.2, 0.25) is 0 Å². The molecule has 0 rings (SSSR count). The van der Waals surface area contributed by atoms with Crippen molar-refractivity contribution in [3.05, 3.63) is 12.7 Å². The fraction of sp³-hybridized carbons (Fsp3) is 0.667. The summed E-state index contributed by atoms with van der Waals surface area (Å²) in [4.78, 5) is 0. The van der Waals surface area contributed by atoms with Crippen molar-refractivity contribution in [3.8, 4) is 0 Å². The number of hydrogen-bond donors (Lipinski definition) is 2. The molecule has 0 aliphatic carbocycles. The highest BCUT2D eigenvalue weighted by molar-refractivity contribution is 5.85. The molecule has 0 fully saturated rings. The fourth-order valence-electron chi connectivity index (χ4n) is 0.546. The Balaban J connectivity index is 0. The minimum atomic E-state index is 0. The van der Waals surface area contributed by atoms with E-state index in [4.69, 9.17) is 11.5 Å². The standard InChI is InChI=1S/C6H14N2.ClH/c1-2-3-6(8)4-5-7;/h2,6H,1,3-5,7-8H2;1H. The third-order valence-corrected chi connectivity index (χ3v) is 1.01. The molecule has 0 spiro atoms. The Morgan fingerprint density at radius 2 is 2.11 bits per heavy atom. The van der Waals surface area contributed by atoms with Crippen LogP contribution in [0.3, 0.4) is 0 Å². The molecule has 1 atom stereocenters. The zero-order chi connectivity index (χ0) is 6.41. The zero-order valence-electron chi connectivity index (χ0n) is 5.55. The third kappa shape index (κ3) is 7.95. The zero-order valence-corrected chi connectivity index (χ0v) is 6.36. The molecule has 4 N–H and O–H groups in total. The van der Waals surface area contributed by atoms with Crippen LogP contribution < -0.4 is 11.5 Å². The lowest BCUT2D eigenvalue weighted by Gasteiger charge is -2.04. The van der Waals surface area contributed by atoms with Gasteiger partial charge in [-0.05, 0) is 19.4 Å². The maximum absolute atomic E-state index is 5.54. The van der Waals surface area contributed by atoms with E-state index in [1.54, 1.807) is 0 Å². The van der Waals surface area contributed by atoms with Crippen molar-refractivity contribution < 1.29 is 0 Å². The number of halogens is 1. The summed E-state index contributed by atoms with van der Waals surface area (Å²) in [6.07, 6.45) is 3.59. The van der Waals surface area contributed by atoms with Crippen molar-refractivity contribution in [1.29, 1.82) is 0 Å². The predicted molar refractivity (Wildman–Crippen MR) is 43.7 cm³/mol. The van der Waals surface area contributed by atoms with Gasteiger partial charge in [-0.25, -0.2) is 0 Å². The van der Waals surface area contributed by atoms with Crippen molar-refractivity contribution >= 4 is 12.4 Å². The minimum absolute atomic E-state index is 0. The van der Waals surface area contributed by atoms with Crippen molar-refractivity contribution in [2.45, 2.75) is 18.9 Å². The van der Waals surface area contributed by atoms with Gasteiger partial charge in [-0.1, -0.05) is 6.08 Å². The maximum Gasteiger partial charge on any atom is 0.00853 e. The van der Waals surface area contributed by atoms with Gasteiger partial charge in [-0.3, -0.25) is 0 Å². The van der Waals surface area contributed by atoms with Crippen molar-refractivity contribution in [1.82, 2.24) is 0 Å². The van der Waals surface area contributed by atoms with Crippen molar-refractivity contribution in [2.75, 3.05) is 6.54 Å². The molecule has 0 aliphatic rings. The lowest BCUT2D eigenvalue weighted by atomic mass is 10.1. The monoisotopic (exact) mass is 150 g/mol. The molecule has 3 heteroatoms. The first kappa shape index (κ1) is 11.7. The summed E-state index contributed by atoms with van der Waals surface area (Å²) in [6.45, 7) is 4.24. The molecule has 0 bridgehead atoms. The molecule has 0 heterocycles. The van der Waals surface area contributed by atoms with E-state index < -0.39 is 0 Å². The largest absolute Gasteiger partial charge is 0.330 e. The molecule has 0 aromatic heterocycles. The van der Waals surface area contributed by atoms with Crippen molar-refractivity contribution in [3.63, 3.8) is 0 Å². The first-order chi connectivity index (χ1) is 3.81. The first-order valence-electron chi connectivity index (χ1n) is 2.87. The van der Waals surface area contributed by atoms with Gasteiger partial charge in [0, 0.05) is 6.04 Å². The summed E-state index contributed by atoms with van der Waals surface area (Å²) in [6, 6.07) is 0.220. The Morgan fingerprint density at radius 1 is 1.56 bits per heavy atom. The van der Waals surface area contributed by atoms with Gasteiger partial charge < -0.3 is 11.5 Å². The second kappa shape index (κ2) is 7.95. The van der Waals surface area contributed by atoms with Gasteiger partial charge in [-0.15, -0.1) is 19.0 Å². The normalized spacial score (nSPS) is 11.8. The molecule has 9 heavy (non-hydrogen) atoms. The van der Waals surface area contributed by atoms with Gasteiger partial charge in [0.2, 0.25) is 0 Å². The van der Waals surface area contributed by atoms with Crippen LogP contribution >= 0.6 is 12.4 Å². The summed E-state index contributed by atoms with van der Waals surface area (Å²) in [5.41, 5.74) is 10.8. The van der Waals surface area contributed by atoms with Crippen molar-refractivity contribution in [2.24, 2.45) is 11.5 Å². The van der Waals surface area contributed by atoms with Crippen LogP contribution in [0.5, 0.6) is 0 Å². The highest BCUT2D eigenvalue weighted by Gasteiger charge is 1.94. The smallest absolute Gasteiger partial charge is 0.00853 e. The molecular weight excluding hydrogens is 136 g/mol. The molecule has 0 aliphatic heterocycles. The van der Waals surface area contributed by atoms with Gasteiger partial charge >= 0.3 is 0 Å². The highest BCUT2D eigenvalue weighted by atomic mass is 35.5. The summed E-state index contributed by atoms with van der Waals surface area (Å²) < 4.78 is 0. The molecule has 0 aromatic carbocycles. The van der Waals surface area contributed by atoms with Crippen LogP contribution in [0, 0.1) is 0 Å². The second-order valence-electron chi connectivity index (χ2n) is 1.86. The molecule has 0 aromatic rings. The summed E-state index contributed by atoms with van der Waals surface area (Å²) in [5.74, 6) is 0. The van der Waals surface area contributed by atoms with Crippen LogP contribution in [0.15, 0.2) is 12.7 Å². The molecule has 56 valence electrons. The van der Waals surface area contributed by atoms with Gasteiger partial charge in [-0.2, -0.15) is 0 Å². The van der Waals surface area contributed by atoms with E-state index in [1.165, 1.54) is 0 Å². The van der Waals surface area contributed by atoms with Crippen LogP contribution in [0.4, 0.5) is 0 Å². The molecule has 0 amide bonds. The Bertz CT molecular complexity index is 66.1. The van der Waals surface area contributed by atoms with Crippen LogP contribution in [-0.2, 0) is 0 Å². The van der Waals surface area contributed by atoms with E-state index >= 15 is 0 Å². The predicted octanol–water partition coefficient (Wildman–Crippen LogP) is 0.660. The molecule has 0 saturated carbocycles. The van der Waals surface area contributed by atoms with Gasteiger partial charge in [0.25, 0.3) is 0 Å². The second-order valence-corrected chi connectivity index (χ2v) is 1.86. The van der Waals surface area contributed by atoms with E-state index in [0.29, 0.717) is 6.54 Å². The first-order valence-corrected chi connectivity index (χ1v) is 2.87. The van der Waals surface area contributed by atoms with E-state index in [0.717, 1.165) is 12.8 Å². The quantitative estimate of drug-likeness (QED) is 0.579. The van der Waals surface area contributed by atoms with Crippen LogP contribution in [0.1, 0.15) is 12.8 Å². The average molecular weight is 151 g/mol. The minimum Gasteiger partial charge on any atom is -0.330 e. The summed E-state index contributed by atoms with van der Waals surface area (Å²) in [5, 5.41) is 0. The molecule has 0 saturated heterocycles. The summed E-state index contributed by atoms with van der Waals surface area (Å²) >= 11 is 0. The third-order valence-electron chi connectivity index (χ3n) is 1.01. The molecular formula is C6H15ClN2. The molecule has 1 unspecified atom stereocenters. The van der Waals surface area contributed by atoms with Crippen LogP contribution in [-0.4, -0.2) is 12.6 Å². The highest BCUT2D eigenvalue weighted by Crippen LogP contribution is 1.91. The Labute approximate surface area is 62.7 Å². The fourth-order valence-corrected chi connectivity index (χ4v) is 0.546. The molecule has 2 nitrogen and oxygen atoms in total. The molecule has 0 radical (unpaired) electrons.